The lowest BCUT2D eigenvalue weighted by molar-refractivity contribution is 0.0939. The highest BCUT2D eigenvalue weighted by Gasteiger charge is 2.51. The summed E-state index contributed by atoms with van der Waals surface area (Å²) in [6.07, 6.45) is 3.66. The molecule has 3 aromatic carbocycles. The first-order valence-corrected chi connectivity index (χ1v) is 12.5. The first-order chi connectivity index (χ1) is 18.4. The largest absolute Gasteiger partial charge is 0.497 e. The Labute approximate surface area is 225 Å². The van der Waals surface area contributed by atoms with Crippen molar-refractivity contribution < 1.29 is 19.1 Å². The van der Waals surface area contributed by atoms with Gasteiger partial charge < -0.3 is 9.64 Å². The SMILES string of the molecule is COc1ccc(C2(C(=O)c3ccc(C(=O)c4ccc(N(C)c5ccc(Cl)cc5)cn4)cc3C=O)CC2)cc1. The Morgan fingerprint density at radius 3 is 2.21 bits per heavy atom. The molecule has 1 aromatic heterocycles. The summed E-state index contributed by atoms with van der Waals surface area (Å²) in [5, 5.41) is 0.650. The zero-order valence-corrected chi connectivity index (χ0v) is 21.7. The Balaban J connectivity index is 1.37. The van der Waals surface area contributed by atoms with Crippen molar-refractivity contribution in [3.63, 3.8) is 0 Å². The van der Waals surface area contributed by atoms with Crippen LogP contribution in [0.25, 0.3) is 0 Å². The molecule has 0 N–H and O–H groups in total. The molecule has 1 fully saturated rings. The minimum atomic E-state index is -0.650. The summed E-state index contributed by atoms with van der Waals surface area (Å²) in [6, 6.07) is 22.9. The highest BCUT2D eigenvalue weighted by atomic mass is 35.5. The van der Waals surface area contributed by atoms with Crippen LogP contribution < -0.4 is 9.64 Å². The number of carbonyl (C=O) groups is 3. The van der Waals surface area contributed by atoms with Gasteiger partial charge in [0.2, 0.25) is 5.78 Å². The number of methoxy groups -OCH3 is 1. The van der Waals surface area contributed by atoms with Crippen LogP contribution in [0.5, 0.6) is 5.75 Å². The Morgan fingerprint density at radius 1 is 0.947 bits per heavy atom. The van der Waals surface area contributed by atoms with Gasteiger partial charge in [0.1, 0.15) is 11.4 Å². The highest BCUT2D eigenvalue weighted by molar-refractivity contribution is 6.30. The van der Waals surface area contributed by atoms with Crippen molar-refractivity contribution in [3.8, 4) is 5.75 Å². The van der Waals surface area contributed by atoms with E-state index >= 15 is 0 Å². The van der Waals surface area contributed by atoms with Gasteiger partial charge in [-0.1, -0.05) is 29.8 Å². The zero-order chi connectivity index (χ0) is 26.9. The molecule has 0 unspecified atom stereocenters. The fourth-order valence-electron chi connectivity index (χ4n) is 4.63. The van der Waals surface area contributed by atoms with Gasteiger partial charge in [-0.05, 0) is 79.1 Å². The molecule has 1 aliphatic carbocycles. The van der Waals surface area contributed by atoms with Gasteiger partial charge in [0, 0.05) is 34.4 Å². The number of rotatable bonds is 9. The maximum Gasteiger partial charge on any atom is 0.211 e. The van der Waals surface area contributed by atoms with Crippen molar-refractivity contribution in [1.29, 1.82) is 0 Å². The van der Waals surface area contributed by atoms with Gasteiger partial charge in [-0.15, -0.1) is 0 Å². The Bertz CT molecular complexity index is 1510. The number of carbonyl (C=O) groups excluding carboxylic acids is 3. The number of pyridine rings is 1. The number of benzene rings is 3. The van der Waals surface area contributed by atoms with Crippen molar-refractivity contribution in [3.05, 3.63) is 118 Å². The lowest BCUT2D eigenvalue weighted by Gasteiger charge is -2.19. The number of hydrogen-bond acceptors (Lipinski definition) is 6. The lowest BCUT2D eigenvalue weighted by Crippen LogP contribution is -2.22. The van der Waals surface area contributed by atoms with E-state index in [0.717, 1.165) is 16.9 Å². The summed E-state index contributed by atoms with van der Waals surface area (Å²) in [4.78, 5) is 45.0. The third-order valence-electron chi connectivity index (χ3n) is 7.09. The molecule has 0 amide bonds. The highest BCUT2D eigenvalue weighted by Crippen LogP contribution is 2.51. The van der Waals surface area contributed by atoms with Gasteiger partial charge in [0.05, 0.1) is 24.4 Å². The fourth-order valence-corrected chi connectivity index (χ4v) is 4.75. The predicted octanol–water partition coefficient (Wildman–Crippen LogP) is 6.47. The lowest BCUT2D eigenvalue weighted by atomic mass is 9.85. The first kappa shape index (κ1) is 25.4. The smallest absolute Gasteiger partial charge is 0.211 e. The molecule has 5 rings (SSSR count). The minimum absolute atomic E-state index is 0.114. The van der Waals surface area contributed by atoms with E-state index in [-0.39, 0.29) is 22.8 Å². The topological polar surface area (TPSA) is 76.6 Å². The Morgan fingerprint density at radius 2 is 1.63 bits per heavy atom. The van der Waals surface area contributed by atoms with Crippen molar-refractivity contribution in [1.82, 2.24) is 4.98 Å². The molecule has 6 nitrogen and oxygen atoms in total. The second-order valence-electron chi connectivity index (χ2n) is 9.33. The molecule has 38 heavy (non-hydrogen) atoms. The van der Waals surface area contributed by atoms with Crippen LogP contribution in [0.4, 0.5) is 11.4 Å². The van der Waals surface area contributed by atoms with E-state index in [2.05, 4.69) is 4.98 Å². The molecule has 0 atom stereocenters. The Hall–Kier alpha value is -4.29. The fraction of sp³-hybridized carbons (Fsp3) is 0.161. The summed E-state index contributed by atoms with van der Waals surface area (Å²) in [6.45, 7) is 0. The van der Waals surface area contributed by atoms with E-state index in [1.165, 1.54) is 6.07 Å². The van der Waals surface area contributed by atoms with E-state index in [0.29, 0.717) is 41.0 Å². The van der Waals surface area contributed by atoms with Gasteiger partial charge >= 0.3 is 0 Å². The van der Waals surface area contributed by atoms with Crippen LogP contribution in [0.3, 0.4) is 0 Å². The van der Waals surface area contributed by atoms with Crippen LogP contribution in [0.1, 0.15) is 55.2 Å². The molecule has 4 aromatic rings. The van der Waals surface area contributed by atoms with E-state index in [9.17, 15) is 14.4 Å². The number of nitrogens with zero attached hydrogens (tertiary/aromatic N) is 2. The number of aromatic nitrogens is 1. The van der Waals surface area contributed by atoms with Gasteiger partial charge in [0.25, 0.3) is 0 Å². The number of ketones is 2. The number of halogens is 1. The number of anilines is 2. The van der Waals surface area contributed by atoms with Crippen LogP contribution in [-0.2, 0) is 5.41 Å². The van der Waals surface area contributed by atoms with Gasteiger partial charge in [-0.2, -0.15) is 0 Å². The molecule has 0 radical (unpaired) electrons. The molecule has 1 aliphatic rings. The van der Waals surface area contributed by atoms with E-state index < -0.39 is 5.41 Å². The average Bonchev–Trinajstić information content (AvgIpc) is 3.78. The molecule has 0 spiro atoms. The first-order valence-electron chi connectivity index (χ1n) is 12.1. The molecule has 1 heterocycles. The number of hydrogen-bond donors (Lipinski definition) is 0. The summed E-state index contributed by atoms with van der Waals surface area (Å²) >= 11 is 5.98. The average molecular weight is 525 g/mol. The second kappa shape index (κ2) is 10.2. The molecule has 0 saturated heterocycles. The normalized spacial score (nSPS) is 13.4. The third kappa shape index (κ3) is 4.71. The van der Waals surface area contributed by atoms with Crippen LogP contribution in [0.15, 0.2) is 85.1 Å². The molecular weight excluding hydrogens is 500 g/mol. The quantitative estimate of drug-likeness (QED) is 0.184. The van der Waals surface area contributed by atoms with E-state index in [1.807, 2.05) is 48.3 Å². The van der Waals surface area contributed by atoms with Gasteiger partial charge in [0.15, 0.2) is 12.1 Å². The van der Waals surface area contributed by atoms with Crippen molar-refractivity contribution in [2.75, 3.05) is 19.1 Å². The van der Waals surface area contributed by atoms with Crippen LogP contribution in [0.2, 0.25) is 5.02 Å². The maximum absolute atomic E-state index is 13.6. The van der Waals surface area contributed by atoms with Crippen molar-refractivity contribution >= 4 is 40.8 Å². The number of ether oxygens (including phenoxy) is 1. The molecule has 7 heteroatoms. The number of Topliss-reactive ketones (excluding diaryl/α,β-unsaturated/α-hetero) is 1. The predicted molar refractivity (Wildman–Crippen MR) is 147 cm³/mol. The van der Waals surface area contributed by atoms with Crippen LogP contribution in [-0.4, -0.2) is 37.0 Å². The number of aldehydes is 1. The third-order valence-corrected chi connectivity index (χ3v) is 7.35. The molecule has 190 valence electrons. The molecular formula is C31H25ClN2O4. The monoisotopic (exact) mass is 524 g/mol. The molecule has 1 saturated carbocycles. The van der Waals surface area contributed by atoms with Crippen molar-refractivity contribution in [2.45, 2.75) is 18.3 Å². The Kier molecular flexibility index (Phi) is 6.83. The standard InChI is InChI=1S/C31H25ClN2O4/c1-34(24-8-6-23(32)7-9-24)25-10-14-28(33-18-25)29(36)20-3-13-27(21(17-20)19-35)30(37)31(15-16-31)22-4-11-26(38-2)12-5-22/h3-14,17-19H,15-16H2,1-2H3. The van der Waals surface area contributed by atoms with E-state index in [1.54, 1.807) is 49.7 Å². The maximum atomic E-state index is 13.6. The molecule has 0 bridgehead atoms. The van der Waals surface area contributed by atoms with Crippen LogP contribution >= 0.6 is 11.6 Å². The summed E-state index contributed by atoms with van der Waals surface area (Å²) in [5.74, 6) is 0.271. The van der Waals surface area contributed by atoms with Crippen LogP contribution in [0, 0.1) is 0 Å². The van der Waals surface area contributed by atoms with Gasteiger partial charge in [-0.25, -0.2) is 0 Å². The second-order valence-corrected chi connectivity index (χ2v) is 9.76. The molecule has 0 aliphatic heterocycles. The summed E-state index contributed by atoms with van der Waals surface area (Å²) in [7, 11) is 3.49. The minimum Gasteiger partial charge on any atom is -0.497 e. The van der Waals surface area contributed by atoms with Gasteiger partial charge in [-0.3, -0.25) is 19.4 Å². The van der Waals surface area contributed by atoms with Crippen molar-refractivity contribution in [2.24, 2.45) is 0 Å². The summed E-state index contributed by atoms with van der Waals surface area (Å²) in [5.41, 5.74) is 3.02. The summed E-state index contributed by atoms with van der Waals surface area (Å²) < 4.78 is 5.22. The van der Waals surface area contributed by atoms with E-state index in [4.69, 9.17) is 16.3 Å². The zero-order valence-electron chi connectivity index (χ0n) is 21.0.